The molecule has 0 fully saturated rings. The van der Waals surface area contributed by atoms with E-state index in [4.69, 9.17) is 19.3 Å². The van der Waals surface area contributed by atoms with E-state index in [1.165, 1.54) is 0 Å². The molecule has 0 aromatic heterocycles. The summed E-state index contributed by atoms with van der Waals surface area (Å²) in [4.78, 5) is 9.37. The molecule has 0 aliphatic rings. The zero-order chi connectivity index (χ0) is 12.6. The van der Waals surface area contributed by atoms with Crippen molar-refractivity contribution in [2.45, 2.75) is 27.2 Å². The molecule has 5 heteroatoms. The van der Waals surface area contributed by atoms with Gasteiger partial charge in [0.25, 0.3) is 0 Å². The van der Waals surface area contributed by atoms with Crippen LogP contribution in [0.5, 0.6) is 0 Å². The summed E-state index contributed by atoms with van der Waals surface area (Å²) in [5.41, 5.74) is 0. The second kappa shape index (κ2) is 16.8. The molecule has 0 saturated carbocycles. The average Bonchev–Trinajstić information content (AvgIpc) is 2.29. The third-order valence-corrected chi connectivity index (χ3v) is 1.45. The molecule has 0 aromatic rings. The van der Waals surface area contributed by atoms with Crippen LogP contribution in [-0.2, 0) is 19.0 Å². The number of ether oxygens (including phenoxy) is 3. The minimum atomic E-state index is -0.745. The van der Waals surface area contributed by atoms with Crippen LogP contribution in [0.15, 0.2) is 0 Å². The number of aliphatic carboxylic acids is 1. The molecule has 0 radical (unpaired) electrons. The first-order valence-electron chi connectivity index (χ1n) is 5.63. The van der Waals surface area contributed by atoms with E-state index in [2.05, 4.69) is 0 Å². The van der Waals surface area contributed by atoms with Gasteiger partial charge in [0.2, 0.25) is 0 Å². The fourth-order valence-corrected chi connectivity index (χ4v) is 0.626. The zero-order valence-electron chi connectivity index (χ0n) is 10.5. The van der Waals surface area contributed by atoms with E-state index >= 15 is 0 Å². The monoisotopic (exact) mass is 236 g/mol. The molecule has 0 spiro atoms. The van der Waals surface area contributed by atoms with Gasteiger partial charge in [-0.2, -0.15) is 0 Å². The van der Waals surface area contributed by atoms with Gasteiger partial charge < -0.3 is 19.3 Å². The fraction of sp³-hybridized carbons (Fsp3) is 0.909. The van der Waals surface area contributed by atoms with Crippen LogP contribution < -0.4 is 0 Å². The molecular weight excluding hydrogens is 212 g/mol. The molecule has 0 unspecified atom stereocenters. The molecule has 0 atom stereocenters. The van der Waals surface area contributed by atoms with Crippen LogP contribution in [0.4, 0.5) is 0 Å². The number of carboxylic acid groups (broad SMARTS) is 1. The summed E-state index contributed by atoms with van der Waals surface area (Å²) in [6.45, 7) is 9.76. The Morgan fingerprint density at radius 2 is 1.19 bits per heavy atom. The predicted octanol–water partition coefficient (Wildman–Crippen LogP) is 1.56. The van der Waals surface area contributed by atoms with Gasteiger partial charge >= 0.3 is 5.97 Å². The molecule has 0 aromatic carbocycles. The van der Waals surface area contributed by atoms with Gasteiger partial charge in [0.05, 0.1) is 26.4 Å². The highest BCUT2D eigenvalue weighted by molar-refractivity contribution is 5.66. The van der Waals surface area contributed by atoms with Gasteiger partial charge in [0.1, 0.15) is 0 Å². The number of rotatable bonds is 9. The number of hydrogen-bond donors (Lipinski definition) is 1. The maximum atomic E-state index is 9.37. The first kappa shape index (κ1) is 17.7. The number of carboxylic acids is 1. The second-order valence-corrected chi connectivity index (χ2v) is 2.75. The molecule has 0 heterocycles. The van der Waals surface area contributed by atoms with Gasteiger partial charge in [-0.25, -0.2) is 0 Å². The Kier molecular flexibility index (Phi) is 18.6. The Morgan fingerprint density at radius 3 is 1.44 bits per heavy atom. The van der Waals surface area contributed by atoms with Gasteiger partial charge in [-0.15, -0.1) is 0 Å². The van der Waals surface area contributed by atoms with Crippen LogP contribution >= 0.6 is 0 Å². The summed E-state index contributed by atoms with van der Waals surface area (Å²) < 4.78 is 15.3. The van der Waals surface area contributed by atoms with Gasteiger partial charge in [0.15, 0.2) is 0 Å². The average molecular weight is 236 g/mol. The van der Waals surface area contributed by atoms with Crippen molar-refractivity contribution >= 4 is 5.97 Å². The van der Waals surface area contributed by atoms with E-state index in [9.17, 15) is 4.79 Å². The SMILES string of the molecule is CCC(=O)O.CCOCCOCCOCC. The fourth-order valence-electron chi connectivity index (χ4n) is 0.626. The van der Waals surface area contributed by atoms with Crippen LogP contribution in [0, 0.1) is 0 Å². The Labute approximate surface area is 97.7 Å². The summed E-state index contributed by atoms with van der Waals surface area (Å²) >= 11 is 0. The molecule has 0 aliphatic carbocycles. The van der Waals surface area contributed by atoms with Gasteiger partial charge in [-0.3, -0.25) is 4.79 Å². The van der Waals surface area contributed by atoms with Crippen molar-refractivity contribution in [1.82, 2.24) is 0 Å². The first-order valence-corrected chi connectivity index (χ1v) is 5.63. The van der Waals surface area contributed by atoms with Gasteiger partial charge in [-0.1, -0.05) is 6.92 Å². The number of carbonyl (C=O) groups is 1. The van der Waals surface area contributed by atoms with E-state index in [-0.39, 0.29) is 6.42 Å². The van der Waals surface area contributed by atoms with E-state index < -0.39 is 5.97 Å². The third-order valence-electron chi connectivity index (χ3n) is 1.45. The maximum absolute atomic E-state index is 9.37. The Hall–Kier alpha value is -0.650. The predicted molar refractivity (Wildman–Crippen MR) is 61.7 cm³/mol. The third kappa shape index (κ3) is 23.3. The summed E-state index contributed by atoms with van der Waals surface area (Å²) in [7, 11) is 0. The minimum Gasteiger partial charge on any atom is -0.481 e. The molecule has 1 N–H and O–H groups in total. The van der Waals surface area contributed by atoms with Crippen molar-refractivity contribution in [3.63, 3.8) is 0 Å². The van der Waals surface area contributed by atoms with Crippen LogP contribution in [0.1, 0.15) is 27.2 Å². The van der Waals surface area contributed by atoms with Crippen molar-refractivity contribution < 1.29 is 24.1 Å². The first-order chi connectivity index (χ1) is 7.68. The van der Waals surface area contributed by atoms with Crippen molar-refractivity contribution in [2.24, 2.45) is 0 Å². The largest absolute Gasteiger partial charge is 0.481 e. The summed E-state index contributed by atoms with van der Waals surface area (Å²) in [5, 5.41) is 7.72. The van der Waals surface area contributed by atoms with E-state index in [0.29, 0.717) is 26.4 Å². The maximum Gasteiger partial charge on any atom is 0.303 e. The molecule has 5 nitrogen and oxygen atoms in total. The van der Waals surface area contributed by atoms with E-state index in [0.717, 1.165) is 13.2 Å². The Morgan fingerprint density at radius 1 is 0.875 bits per heavy atom. The zero-order valence-corrected chi connectivity index (χ0v) is 10.5. The smallest absolute Gasteiger partial charge is 0.303 e. The van der Waals surface area contributed by atoms with E-state index in [1.54, 1.807) is 6.92 Å². The summed E-state index contributed by atoms with van der Waals surface area (Å²) in [5.74, 6) is -0.745. The standard InChI is InChI=1S/C8H18O3.C3H6O2/c1-3-9-5-7-11-8-6-10-4-2;1-2-3(4)5/h3-8H2,1-2H3;2H2,1H3,(H,4,5). The van der Waals surface area contributed by atoms with Crippen LogP contribution in [0.25, 0.3) is 0 Å². The normalized spacial score (nSPS) is 9.44. The van der Waals surface area contributed by atoms with Crippen molar-refractivity contribution in [3.8, 4) is 0 Å². The van der Waals surface area contributed by atoms with E-state index in [1.807, 2.05) is 13.8 Å². The molecular formula is C11H24O5. The second-order valence-electron chi connectivity index (χ2n) is 2.75. The van der Waals surface area contributed by atoms with Gasteiger partial charge in [0, 0.05) is 19.6 Å². The Bertz CT molecular complexity index is 130. The summed E-state index contributed by atoms with van der Waals surface area (Å²) in [6, 6.07) is 0. The van der Waals surface area contributed by atoms with Crippen molar-refractivity contribution in [1.29, 1.82) is 0 Å². The number of hydrogen-bond acceptors (Lipinski definition) is 4. The van der Waals surface area contributed by atoms with Crippen LogP contribution in [0.2, 0.25) is 0 Å². The van der Waals surface area contributed by atoms with Crippen molar-refractivity contribution in [3.05, 3.63) is 0 Å². The highest BCUT2D eigenvalue weighted by Crippen LogP contribution is 1.79. The lowest BCUT2D eigenvalue weighted by Gasteiger charge is -2.03. The van der Waals surface area contributed by atoms with Crippen LogP contribution in [0.3, 0.4) is 0 Å². The van der Waals surface area contributed by atoms with Crippen LogP contribution in [-0.4, -0.2) is 50.7 Å². The van der Waals surface area contributed by atoms with Gasteiger partial charge in [-0.05, 0) is 13.8 Å². The van der Waals surface area contributed by atoms with Crippen molar-refractivity contribution in [2.75, 3.05) is 39.6 Å². The highest BCUT2D eigenvalue weighted by Gasteiger charge is 1.87. The molecule has 0 rings (SSSR count). The molecule has 16 heavy (non-hydrogen) atoms. The molecule has 98 valence electrons. The molecule has 0 aliphatic heterocycles. The minimum absolute atomic E-state index is 0.222. The molecule has 0 bridgehead atoms. The lowest BCUT2D eigenvalue weighted by atomic mass is 10.5. The lowest BCUT2D eigenvalue weighted by molar-refractivity contribution is -0.136. The molecule has 0 saturated heterocycles. The lowest BCUT2D eigenvalue weighted by Crippen LogP contribution is -2.08. The Balaban J connectivity index is 0. The molecule has 0 amide bonds. The summed E-state index contributed by atoms with van der Waals surface area (Å²) in [6.07, 6.45) is 0.222. The topological polar surface area (TPSA) is 65.0 Å². The highest BCUT2D eigenvalue weighted by atomic mass is 16.5. The quantitative estimate of drug-likeness (QED) is 0.615.